The van der Waals surface area contributed by atoms with E-state index in [1.165, 1.54) is 4.88 Å². The highest BCUT2D eigenvalue weighted by Crippen LogP contribution is 2.23. The summed E-state index contributed by atoms with van der Waals surface area (Å²) < 4.78 is 6.36. The van der Waals surface area contributed by atoms with Crippen molar-refractivity contribution in [2.24, 2.45) is 4.99 Å². The third-order valence-electron chi connectivity index (χ3n) is 3.57. The summed E-state index contributed by atoms with van der Waals surface area (Å²) >= 11 is 5.14. The van der Waals surface area contributed by atoms with Crippen LogP contribution in [0.4, 0.5) is 0 Å². The number of methoxy groups -OCH3 is 1. The van der Waals surface area contributed by atoms with Crippen molar-refractivity contribution >= 4 is 39.1 Å². The fraction of sp³-hybridized carbons (Fsp3) is 0.333. The number of hydrogen-bond acceptors (Lipinski definition) is 4. The number of nitrogens with one attached hydrogen (secondary N) is 2. The van der Waals surface area contributed by atoms with E-state index in [0.29, 0.717) is 19.0 Å². The molecule has 8 heteroatoms. The minimum atomic E-state index is -0.0179. The molecular formula is C18H23BrN4O2S. The average molecular weight is 439 g/mol. The van der Waals surface area contributed by atoms with Crippen molar-refractivity contribution in [2.45, 2.75) is 13.1 Å². The fourth-order valence-electron chi connectivity index (χ4n) is 2.11. The number of carbonyl (C=O) groups is 1. The Kier molecular flexibility index (Phi) is 7.93. The summed E-state index contributed by atoms with van der Waals surface area (Å²) in [4.78, 5) is 19.2. The Morgan fingerprint density at radius 3 is 2.77 bits per heavy atom. The number of guanidine groups is 1. The molecule has 0 aliphatic rings. The van der Waals surface area contributed by atoms with Gasteiger partial charge < -0.3 is 20.3 Å². The second kappa shape index (κ2) is 10.2. The van der Waals surface area contributed by atoms with Gasteiger partial charge in [-0.25, -0.2) is 4.99 Å². The zero-order valence-electron chi connectivity index (χ0n) is 15.1. The maximum absolute atomic E-state index is 11.9. The first-order valence-corrected chi connectivity index (χ1v) is 9.74. The number of aliphatic imine (C=N–C) groups is 1. The van der Waals surface area contributed by atoms with Crippen molar-refractivity contribution in [1.29, 1.82) is 0 Å². The Balaban J connectivity index is 2.09. The van der Waals surface area contributed by atoms with Gasteiger partial charge in [-0.15, -0.1) is 11.3 Å². The molecule has 0 radical (unpaired) electrons. The maximum Gasteiger partial charge on any atom is 0.241 e. The Bertz CT molecular complexity index is 748. The van der Waals surface area contributed by atoms with Crippen LogP contribution in [-0.2, 0) is 17.9 Å². The molecular weight excluding hydrogens is 416 g/mol. The van der Waals surface area contributed by atoms with Gasteiger partial charge in [0, 0.05) is 29.0 Å². The second-order valence-electron chi connectivity index (χ2n) is 5.70. The fourth-order valence-corrected chi connectivity index (χ4v) is 3.16. The number of hydrogen-bond donors (Lipinski definition) is 2. The van der Waals surface area contributed by atoms with Crippen LogP contribution in [0.3, 0.4) is 0 Å². The molecule has 0 saturated heterocycles. The summed E-state index contributed by atoms with van der Waals surface area (Å²) in [6, 6.07) is 9.86. The van der Waals surface area contributed by atoms with Gasteiger partial charge in [-0.2, -0.15) is 0 Å². The maximum atomic E-state index is 11.9. The lowest BCUT2D eigenvalue weighted by atomic mass is 10.2. The normalized spacial score (nSPS) is 11.2. The number of halogens is 1. The molecule has 0 aliphatic heterocycles. The van der Waals surface area contributed by atoms with Gasteiger partial charge in [-0.05, 0) is 29.6 Å². The molecule has 0 aliphatic carbocycles. The molecule has 6 nitrogen and oxygen atoms in total. The van der Waals surface area contributed by atoms with E-state index in [-0.39, 0.29) is 12.5 Å². The van der Waals surface area contributed by atoms with Gasteiger partial charge >= 0.3 is 0 Å². The van der Waals surface area contributed by atoms with Gasteiger partial charge in [0.05, 0.1) is 26.7 Å². The highest BCUT2D eigenvalue weighted by molar-refractivity contribution is 9.10. The van der Waals surface area contributed by atoms with Crippen LogP contribution in [0.2, 0.25) is 0 Å². The monoisotopic (exact) mass is 438 g/mol. The van der Waals surface area contributed by atoms with Crippen LogP contribution in [0, 0.1) is 0 Å². The zero-order valence-corrected chi connectivity index (χ0v) is 17.5. The lowest BCUT2D eigenvalue weighted by molar-refractivity contribution is -0.127. The Morgan fingerprint density at radius 2 is 2.12 bits per heavy atom. The van der Waals surface area contributed by atoms with Crippen LogP contribution in [0.5, 0.6) is 5.75 Å². The van der Waals surface area contributed by atoms with Crippen molar-refractivity contribution in [2.75, 3.05) is 27.7 Å². The van der Waals surface area contributed by atoms with Crippen molar-refractivity contribution in [3.8, 4) is 5.75 Å². The van der Waals surface area contributed by atoms with Crippen molar-refractivity contribution < 1.29 is 9.53 Å². The molecule has 1 amide bonds. The summed E-state index contributed by atoms with van der Waals surface area (Å²) in [5.41, 5.74) is 0.957. The molecule has 0 bridgehead atoms. The molecule has 0 spiro atoms. The van der Waals surface area contributed by atoms with E-state index in [1.54, 1.807) is 37.4 Å². The van der Waals surface area contributed by atoms with Crippen molar-refractivity contribution in [1.82, 2.24) is 15.5 Å². The number of nitrogens with zero attached hydrogens (tertiary/aromatic N) is 2. The highest BCUT2D eigenvalue weighted by atomic mass is 79.9. The van der Waals surface area contributed by atoms with Crippen LogP contribution < -0.4 is 15.4 Å². The SMILES string of the molecule is COc1ccc(Br)cc1CN=C(NCC(=O)N(C)C)NCc1cccs1. The average Bonchev–Trinajstić information content (AvgIpc) is 3.14. The highest BCUT2D eigenvalue weighted by Gasteiger charge is 2.08. The summed E-state index contributed by atoms with van der Waals surface area (Å²) in [6.07, 6.45) is 0. The van der Waals surface area contributed by atoms with Crippen LogP contribution in [0.1, 0.15) is 10.4 Å². The van der Waals surface area contributed by atoms with Gasteiger partial charge in [-0.3, -0.25) is 4.79 Å². The Hall–Kier alpha value is -2.06. The largest absolute Gasteiger partial charge is 0.496 e. The number of amides is 1. The van der Waals surface area contributed by atoms with Crippen LogP contribution in [-0.4, -0.2) is 44.5 Å². The van der Waals surface area contributed by atoms with E-state index in [4.69, 9.17) is 4.74 Å². The minimum Gasteiger partial charge on any atom is -0.496 e. The third kappa shape index (κ3) is 6.34. The number of thiophene rings is 1. The van der Waals surface area contributed by atoms with Gasteiger partial charge in [0.1, 0.15) is 5.75 Å². The predicted molar refractivity (Wildman–Crippen MR) is 110 cm³/mol. The van der Waals surface area contributed by atoms with E-state index >= 15 is 0 Å². The molecule has 0 saturated carbocycles. The van der Waals surface area contributed by atoms with E-state index in [0.717, 1.165) is 15.8 Å². The van der Waals surface area contributed by atoms with Crippen LogP contribution in [0.25, 0.3) is 0 Å². The molecule has 26 heavy (non-hydrogen) atoms. The van der Waals surface area contributed by atoms with Gasteiger partial charge in [0.15, 0.2) is 5.96 Å². The molecule has 0 atom stereocenters. The minimum absolute atomic E-state index is 0.0179. The van der Waals surface area contributed by atoms with E-state index in [9.17, 15) is 4.79 Å². The smallest absolute Gasteiger partial charge is 0.241 e. The lowest BCUT2D eigenvalue weighted by Gasteiger charge is -2.15. The summed E-state index contributed by atoms with van der Waals surface area (Å²) in [6.45, 7) is 1.26. The topological polar surface area (TPSA) is 66.0 Å². The Labute approximate surface area is 166 Å². The quantitative estimate of drug-likeness (QED) is 0.515. The lowest BCUT2D eigenvalue weighted by Crippen LogP contribution is -2.42. The van der Waals surface area contributed by atoms with Crippen LogP contribution >= 0.6 is 27.3 Å². The first-order chi connectivity index (χ1) is 12.5. The van der Waals surface area contributed by atoms with Gasteiger partial charge in [0.2, 0.25) is 5.91 Å². The molecule has 1 aromatic heterocycles. The number of rotatable bonds is 7. The van der Waals surface area contributed by atoms with Crippen molar-refractivity contribution in [3.63, 3.8) is 0 Å². The second-order valence-corrected chi connectivity index (χ2v) is 7.64. The van der Waals surface area contributed by atoms with E-state index in [1.807, 2.05) is 29.6 Å². The first-order valence-electron chi connectivity index (χ1n) is 8.06. The summed E-state index contributed by atoms with van der Waals surface area (Å²) in [5, 5.41) is 8.38. The van der Waals surface area contributed by atoms with Crippen molar-refractivity contribution in [3.05, 3.63) is 50.6 Å². The van der Waals surface area contributed by atoms with E-state index in [2.05, 4.69) is 37.6 Å². The summed E-state index contributed by atoms with van der Waals surface area (Å²) in [7, 11) is 5.10. The molecule has 140 valence electrons. The van der Waals surface area contributed by atoms with Gasteiger partial charge in [0.25, 0.3) is 0 Å². The number of carbonyl (C=O) groups excluding carboxylic acids is 1. The van der Waals surface area contributed by atoms with Crippen LogP contribution in [0.15, 0.2) is 45.2 Å². The molecule has 0 unspecified atom stereocenters. The molecule has 2 rings (SSSR count). The number of ether oxygens (including phenoxy) is 1. The molecule has 2 N–H and O–H groups in total. The molecule has 0 fully saturated rings. The number of likely N-dealkylation sites (N-methyl/N-ethyl adjacent to an activating group) is 1. The zero-order chi connectivity index (χ0) is 18.9. The number of benzene rings is 1. The Morgan fingerprint density at radius 1 is 1.31 bits per heavy atom. The third-order valence-corrected chi connectivity index (χ3v) is 4.94. The molecule has 1 heterocycles. The summed E-state index contributed by atoms with van der Waals surface area (Å²) in [5.74, 6) is 1.34. The predicted octanol–water partition coefficient (Wildman–Crippen LogP) is 2.84. The van der Waals surface area contributed by atoms with Gasteiger partial charge in [-0.1, -0.05) is 22.0 Å². The first kappa shape index (κ1) is 20.3. The molecule has 2 aromatic rings. The van der Waals surface area contributed by atoms with E-state index < -0.39 is 0 Å². The molecule has 1 aromatic carbocycles. The standard InChI is InChI=1S/C18H23BrN4O2S/c1-23(2)17(24)12-22-18(21-11-15-5-4-8-26-15)20-10-13-9-14(19)6-7-16(13)25-3/h4-9H,10-12H2,1-3H3,(H2,20,21,22).